The Hall–Kier alpha value is -2.62. The van der Waals surface area contributed by atoms with E-state index in [4.69, 9.17) is 5.26 Å². The zero-order chi connectivity index (χ0) is 17.1. The Labute approximate surface area is 132 Å². The van der Waals surface area contributed by atoms with Gasteiger partial charge >= 0.3 is 0 Å². The van der Waals surface area contributed by atoms with Gasteiger partial charge in [0.15, 0.2) is 11.6 Å². The number of aromatic nitrogens is 2. The molecule has 0 atom stereocenters. The van der Waals surface area contributed by atoms with Gasteiger partial charge < -0.3 is 4.90 Å². The lowest BCUT2D eigenvalue weighted by atomic mass is 10.1. The fourth-order valence-corrected chi connectivity index (χ4v) is 2.25. The van der Waals surface area contributed by atoms with Crippen LogP contribution in [0.2, 0.25) is 0 Å². The number of nitrogens with zero attached hydrogens (tertiary/aromatic N) is 4. The quantitative estimate of drug-likeness (QED) is 0.808. The number of benzene rings is 1. The Morgan fingerprint density at radius 3 is 2.30 bits per heavy atom. The summed E-state index contributed by atoms with van der Waals surface area (Å²) in [4.78, 5) is 9.84. The van der Waals surface area contributed by atoms with Crippen molar-refractivity contribution in [2.45, 2.75) is 20.8 Å². The highest BCUT2D eigenvalue weighted by atomic mass is 19.2. The van der Waals surface area contributed by atoms with Crippen LogP contribution in [-0.4, -0.2) is 23.1 Å². The van der Waals surface area contributed by atoms with Gasteiger partial charge in [-0.1, -0.05) is 0 Å². The monoisotopic (exact) mass is 320 g/mol. The molecule has 0 amide bonds. The Balaban J connectivity index is 2.69. The maximum atomic E-state index is 14.3. The van der Waals surface area contributed by atoms with Crippen molar-refractivity contribution in [3.63, 3.8) is 0 Å². The van der Waals surface area contributed by atoms with Crippen LogP contribution >= 0.6 is 0 Å². The Bertz CT molecular complexity index is 780. The van der Waals surface area contributed by atoms with Gasteiger partial charge in [-0.3, -0.25) is 0 Å². The van der Waals surface area contributed by atoms with E-state index in [1.807, 2.05) is 18.7 Å². The summed E-state index contributed by atoms with van der Waals surface area (Å²) in [5.74, 6) is -3.04. The van der Waals surface area contributed by atoms with E-state index in [2.05, 4.69) is 9.97 Å². The molecule has 23 heavy (non-hydrogen) atoms. The molecular formula is C16H15F3N4. The van der Waals surface area contributed by atoms with Gasteiger partial charge in [-0.05, 0) is 26.8 Å². The minimum Gasteiger partial charge on any atom is -0.357 e. The van der Waals surface area contributed by atoms with Crippen LogP contribution in [0.4, 0.5) is 19.0 Å². The topological polar surface area (TPSA) is 52.8 Å². The van der Waals surface area contributed by atoms with Crippen LogP contribution in [0.1, 0.15) is 25.2 Å². The van der Waals surface area contributed by atoms with E-state index >= 15 is 0 Å². The SMILES string of the molecule is CCN(CC)c1cc(-c2cc(F)c(F)c(C)c2F)nc(C#N)n1. The average molecular weight is 320 g/mol. The van der Waals surface area contributed by atoms with Crippen LogP contribution in [0.3, 0.4) is 0 Å². The van der Waals surface area contributed by atoms with E-state index in [-0.39, 0.29) is 17.1 Å². The van der Waals surface area contributed by atoms with Gasteiger partial charge in [-0.2, -0.15) is 5.26 Å². The summed E-state index contributed by atoms with van der Waals surface area (Å²) in [6, 6.07) is 4.01. The molecule has 1 heterocycles. The maximum absolute atomic E-state index is 14.3. The highest BCUT2D eigenvalue weighted by Gasteiger charge is 2.19. The van der Waals surface area contributed by atoms with Gasteiger partial charge in [0.1, 0.15) is 17.7 Å². The summed E-state index contributed by atoms with van der Waals surface area (Å²) in [5.41, 5.74) is -0.590. The summed E-state index contributed by atoms with van der Waals surface area (Å²) in [6.45, 7) is 6.20. The van der Waals surface area contributed by atoms with Crippen molar-refractivity contribution in [2.75, 3.05) is 18.0 Å². The van der Waals surface area contributed by atoms with Crippen molar-refractivity contribution in [1.82, 2.24) is 9.97 Å². The molecule has 120 valence electrons. The zero-order valence-corrected chi connectivity index (χ0v) is 13.0. The second-order valence-corrected chi connectivity index (χ2v) is 4.88. The summed E-state index contributed by atoms with van der Waals surface area (Å²) in [7, 11) is 0. The molecule has 0 aliphatic heterocycles. The van der Waals surface area contributed by atoms with Crippen LogP contribution < -0.4 is 4.90 Å². The molecule has 0 fully saturated rings. The molecular weight excluding hydrogens is 305 g/mol. The van der Waals surface area contributed by atoms with E-state index in [9.17, 15) is 13.2 Å². The third kappa shape index (κ3) is 3.11. The van der Waals surface area contributed by atoms with E-state index in [1.54, 1.807) is 6.07 Å². The van der Waals surface area contributed by atoms with Crippen LogP contribution in [-0.2, 0) is 0 Å². The molecule has 0 bridgehead atoms. The summed E-state index contributed by atoms with van der Waals surface area (Å²) < 4.78 is 41.4. The molecule has 0 saturated heterocycles. The average Bonchev–Trinajstić information content (AvgIpc) is 2.57. The lowest BCUT2D eigenvalue weighted by Gasteiger charge is -2.20. The van der Waals surface area contributed by atoms with E-state index in [0.717, 1.165) is 13.0 Å². The van der Waals surface area contributed by atoms with Gasteiger partial charge in [0.2, 0.25) is 5.82 Å². The molecule has 2 aromatic rings. The lowest BCUT2D eigenvalue weighted by Crippen LogP contribution is -2.23. The van der Waals surface area contributed by atoms with Gasteiger partial charge in [0.05, 0.1) is 5.69 Å². The fraction of sp³-hybridized carbons (Fsp3) is 0.312. The maximum Gasteiger partial charge on any atom is 0.234 e. The predicted molar refractivity (Wildman–Crippen MR) is 80.4 cm³/mol. The summed E-state index contributed by atoms with van der Waals surface area (Å²) in [6.07, 6.45) is 0. The minimum absolute atomic E-state index is 0.0398. The van der Waals surface area contributed by atoms with Crippen molar-refractivity contribution in [3.8, 4) is 17.3 Å². The molecule has 2 rings (SSSR count). The largest absolute Gasteiger partial charge is 0.357 e. The fourth-order valence-electron chi connectivity index (χ4n) is 2.25. The third-order valence-corrected chi connectivity index (χ3v) is 3.55. The molecule has 0 N–H and O–H groups in total. The first-order chi connectivity index (χ1) is 10.9. The smallest absolute Gasteiger partial charge is 0.234 e. The van der Waals surface area contributed by atoms with Crippen molar-refractivity contribution < 1.29 is 13.2 Å². The molecule has 0 radical (unpaired) electrons. The number of hydrogen-bond acceptors (Lipinski definition) is 4. The number of hydrogen-bond donors (Lipinski definition) is 0. The molecule has 0 spiro atoms. The Morgan fingerprint density at radius 2 is 1.74 bits per heavy atom. The van der Waals surface area contributed by atoms with Crippen molar-refractivity contribution in [1.29, 1.82) is 5.26 Å². The Kier molecular flexibility index (Phi) is 4.84. The van der Waals surface area contributed by atoms with Crippen LogP contribution in [0.5, 0.6) is 0 Å². The second kappa shape index (κ2) is 6.65. The van der Waals surface area contributed by atoms with Gasteiger partial charge in [-0.25, -0.2) is 23.1 Å². The number of anilines is 1. The molecule has 0 aliphatic carbocycles. The first kappa shape index (κ1) is 16.7. The van der Waals surface area contributed by atoms with Gasteiger partial charge in [0, 0.05) is 30.3 Å². The highest BCUT2D eigenvalue weighted by Crippen LogP contribution is 2.29. The lowest BCUT2D eigenvalue weighted by molar-refractivity contribution is 0.487. The van der Waals surface area contributed by atoms with Crippen LogP contribution in [0, 0.1) is 35.7 Å². The highest BCUT2D eigenvalue weighted by molar-refractivity contribution is 5.65. The molecule has 0 aliphatic rings. The van der Waals surface area contributed by atoms with Crippen LogP contribution in [0.25, 0.3) is 11.3 Å². The molecule has 0 saturated carbocycles. The summed E-state index contributed by atoms with van der Waals surface area (Å²) >= 11 is 0. The normalized spacial score (nSPS) is 10.5. The number of rotatable bonds is 4. The van der Waals surface area contributed by atoms with Crippen LogP contribution in [0.15, 0.2) is 12.1 Å². The van der Waals surface area contributed by atoms with E-state index < -0.39 is 23.0 Å². The van der Waals surface area contributed by atoms with Gasteiger partial charge in [0.25, 0.3) is 0 Å². The molecule has 1 aromatic carbocycles. The number of halogens is 3. The zero-order valence-electron chi connectivity index (χ0n) is 13.0. The number of nitriles is 1. The van der Waals surface area contributed by atoms with Crippen molar-refractivity contribution in [3.05, 3.63) is 41.0 Å². The summed E-state index contributed by atoms with van der Waals surface area (Å²) in [5, 5.41) is 9.06. The standard InChI is InChI=1S/C16H15F3N4/c1-4-23(5-2)14-7-12(21-13(8-20)22-14)10-6-11(17)16(19)9(3)15(10)18/h6-7H,4-5H2,1-3H3. The third-order valence-electron chi connectivity index (χ3n) is 3.55. The van der Waals surface area contributed by atoms with E-state index in [0.29, 0.717) is 18.9 Å². The Morgan fingerprint density at radius 1 is 1.09 bits per heavy atom. The second-order valence-electron chi connectivity index (χ2n) is 4.88. The predicted octanol–water partition coefficient (Wildman–Crippen LogP) is 3.59. The molecule has 4 nitrogen and oxygen atoms in total. The molecule has 1 aromatic heterocycles. The first-order valence-corrected chi connectivity index (χ1v) is 7.11. The van der Waals surface area contributed by atoms with E-state index in [1.165, 1.54) is 6.07 Å². The van der Waals surface area contributed by atoms with Crippen molar-refractivity contribution >= 4 is 5.82 Å². The molecule has 0 unspecified atom stereocenters. The van der Waals surface area contributed by atoms with Crippen molar-refractivity contribution in [2.24, 2.45) is 0 Å². The minimum atomic E-state index is -1.23. The van der Waals surface area contributed by atoms with Gasteiger partial charge in [-0.15, -0.1) is 0 Å². The first-order valence-electron chi connectivity index (χ1n) is 7.11. The molecule has 7 heteroatoms.